The molecule has 0 aromatic heterocycles. The van der Waals surface area contributed by atoms with Crippen molar-refractivity contribution < 1.29 is 19.0 Å². The molecule has 0 saturated heterocycles. The molecule has 1 amide bonds. The third-order valence-corrected chi connectivity index (χ3v) is 4.43. The van der Waals surface area contributed by atoms with Crippen LogP contribution in [0.15, 0.2) is 47.5 Å². The zero-order valence-corrected chi connectivity index (χ0v) is 18.7. The Morgan fingerprint density at radius 2 is 1.77 bits per heavy atom. The van der Waals surface area contributed by atoms with Gasteiger partial charge in [-0.15, -0.1) is 0 Å². The number of ether oxygens (including phenoxy) is 3. The highest BCUT2D eigenvalue weighted by Crippen LogP contribution is 2.20. The Bertz CT molecular complexity index is 853. The lowest BCUT2D eigenvalue weighted by Gasteiger charge is -2.16. The molecule has 0 spiro atoms. The maximum Gasteiger partial charge on any atom is 0.411 e. The monoisotopic (exact) mass is 428 g/mol. The lowest BCUT2D eigenvalue weighted by Crippen LogP contribution is -2.36. The van der Waals surface area contributed by atoms with Gasteiger partial charge in [0, 0.05) is 38.0 Å². The van der Waals surface area contributed by atoms with Gasteiger partial charge in [-0.3, -0.25) is 10.3 Å². The molecule has 2 aromatic rings. The van der Waals surface area contributed by atoms with Gasteiger partial charge in [-0.2, -0.15) is 0 Å². The van der Waals surface area contributed by atoms with Crippen molar-refractivity contribution >= 4 is 17.7 Å². The van der Waals surface area contributed by atoms with E-state index in [1.165, 1.54) is 7.11 Å². The van der Waals surface area contributed by atoms with E-state index in [0.717, 1.165) is 22.4 Å². The molecule has 8 heteroatoms. The van der Waals surface area contributed by atoms with E-state index in [9.17, 15) is 4.79 Å². The number of guanidine groups is 1. The van der Waals surface area contributed by atoms with Crippen LogP contribution in [0.2, 0.25) is 0 Å². The first-order valence-corrected chi connectivity index (χ1v) is 10.2. The molecular formula is C23H32N4O4. The predicted octanol–water partition coefficient (Wildman–Crippen LogP) is 3.45. The number of hydrogen-bond donors (Lipinski definition) is 3. The molecule has 0 aliphatic heterocycles. The minimum atomic E-state index is -0.493. The first-order chi connectivity index (χ1) is 15.0. The quantitative estimate of drug-likeness (QED) is 0.305. The first kappa shape index (κ1) is 24.0. The second-order valence-corrected chi connectivity index (χ2v) is 6.75. The number of hydrogen-bond acceptors (Lipinski definition) is 5. The second kappa shape index (κ2) is 13.1. The van der Waals surface area contributed by atoms with E-state index >= 15 is 0 Å². The predicted molar refractivity (Wildman–Crippen MR) is 123 cm³/mol. The van der Waals surface area contributed by atoms with E-state index in [1.54, 1.807) is 7.05 Å². The maximum absolute atomic E-state index is 11.3. The summed E-state index contributed by atoms with van der Waals surface area (Å²) in [5.41, 5.74) is 3.91. The van der Waals surface area contributed by atoms with Crippen LogP contribution in [0.1, 0.15) is 23.6 Å². The largest absolute Gasteiger partial charge is 0.491 e. The molecule has 0 heterocycles. The number of methoxy groups -OCH3 is 1. The van der Waals surface area contributed by atoms with Crippen LogP contribution < -0.4 is 20.7 Å². The van der Waals surface area contributed by atoms with E-state index in [4.69, 9.17) is 9.47 Å². The lowest BCUT2D eigenvalue weighted by molar-refractivity contribution is 0.110. The van der Waals surface area contributed by atoms with Gasteiger partial charge in [0.1, 0.15) is 12.4 Å². The van der Waals surface area contributed by atoms with Gasteiger partial charge in [-0.25, -0.2) is 4.79 Å². The summed E-state index contributed by atoms with van der Waals surface area (Å²) < 4.78 is 15.8. The van der Waals surface area contributed by atoms with Gasteiger partial charge in [0.25, 0.3) is 0 Å². The van der Waals surface area contributed by atoms with Crippen LogP contribution in [0.5, 0.6) is 5.75 Å². The molecular weight excluding hydrogens is 396 g/mol. The maximum atomic E-state index is 11.3. The van der Waals surface area contributed by atoms with Crippen molar-refractivity contribution in [1.29, 1.82) is 0 Å². The SMILES string of the molecule is CCOCCOc1cc(C)ccc1CNC(=NC)NCc1ccc(NC(=O)OC)cc1. The number of anilines is 1. The van der Waals surface area contributed by atoms with Crippen LogP contribution >= 0.6 is 0 Å². The van der Waals surface area contributed by atoms with Crippen LogP contribution in [0, 0.1) is 6.92 Å². The van der Waals surface area contributed by atoms with Crippen LogP contribution in [0.3, 0.4) is 0 Å². The van der Waals surface area contributed by atoms with Crippen LogP contribution in [0.4, 0.5) is 10.5 Å². The molecule has 0 atom stereocenters. The molecule has 31 heavy (non-hydrogen) atoms. The van der Waals surface area contributed by atoms with E-state index in [1.807, 2.05) is 44.2 Å². The highest BCUT2D eigenvalue weighted by atomic mass is 16.5. The molecule has 0 fully saturated rings. The highest BCUT2D eigenvalue weighted by Gasteiger charge is 2.07. The molecule has 2 aromatic carbocycles. The van der Waals surface area contributed by atoms with Crippen molar-refractivity contribution in [2.75, 3.05) is 39.3 Å². The molecule has 0 saturated carbocycles. The number of aryl methyl sites for hydroxylation is 1. The summed E-state index contributed by atoms with van der Waals surface area (Å²) >= 11 is 0. The number of carbonyl (C=O) groups is 1. The standard InChI is InChI=1S/C23H32N4O4/c1-5-30-12-13-31-21-14-17(2)6-9-19(21)16-26-22(24-3)25-15-18-7-10-20(11-8-18)27-23(28)29-4/h6-11,14H,5,12-13,15-16H2,1-4H3,(H,27,28)(H2,24,25,26). The number of amides is 1. The van der Waals surface area contributed by atoms with Gasteiger partial charge in [0.05, 0.1) is 13.7 Å². The zero-order chi connectivity index (χ0) is 22.5. The minimum Gasteiger partial charge on any atom is -0.491 e. The third kappa shape index (κ3) is 8.55. The number of carbonyl (C=O) groups excluding carboxylic acids is 1. The number of benzene rings is 2. The number of nitrogens with one attached hydrogen (secondary N) is 3. The van der Waals surface area contributed by atoms with Gasteiger partial charge in [-0.1, -0.05) is 24.3 Å². The van der Waals surface area contributed by atoms with Crippen molar-refractivity contribution in [2.45, 2.75) is 26.9 Å². The van der Waals surface area contributed by atoms with E-state index < -0.39 is 6.09 Å². The fourth-order valence-electron chi connectivity index (χ4n) is 2.76. The Morgan fingerprint density at radius 3 is 2.45 bits per heavy atom. The summed E-state index contributed by atoms with van der Waals surface area (Å²) in [6, 6.07) is 13.6. The Kier molecular flexibility index (Phi) is 10.2. The average molecular weight is 429 g/mol. The van der Waals surface area contributed by atoms with Gasteiger partial charge in [-0.05, 0) is 43.2 Å². The van der Waals surface area contributed by atoms with Gasteiger partial charge < -0.3 is 24.8 Å². The number of nitrogens with zero attached hydrogens (tertiary/aromatic N) is 1. The van der Waals surface area contributed by atoms with Gasteiger partial charge >= 0.3 is 6.09 Å². The van der Waals surface area contributed by atoms with E-state index in [2.05, 4.69) is 37.8 Å². The molecule has 3 N–H and O–H groups in total. The van der Waals surface area contributed by atoms with Crippen LogP contribution in [-0.2, 0) is 22.6 Å². The van der Waals surface area contributed by atoms with E-state index in [-0.39, 0.29) is 0 Å². The van der Waals surface area contributed by atoms with E-state index in [0.29, 0.717) is 44.6 Å². The molecule has 0 bridgehead atoms. The summed E-state index contributed by atoms with van der Waals surface area (Å²) in [5.74, 6) is 1.52. The summed E-state index contributed by atoms with van der Waals surface area (Å²) in [6.07, 6.45) is -0.493. The molecule has 0 aliphatic carbocycles. The lowest BCUT2D eigenvalue weighted by atomic mass is 10.1. The van der Waals surface area contributed by atoms with Gasteiger partial charge in [0.2, 0.25) is 0 Å². The van der Waals surface area contributed by atoms with Crippen LogP contribution in [-0.4, -0.2) is 46.0 Å². The molecule has 0 aliphatic rings. The molecule has 2 rings (SSSR count). The second-order valence-electron chi connectivity index (χ2n) is 6.75. The first-order valence-electron chi connectivity index (χ1n) is 10.2. The van der Waals surface area contributed by atoms with Crippen LogP contribution in [0.25, 0.3) is 0 Å². The normalized spacial score (nSPS) is 11.0. The molecule has 0 radical (unpaired) electrons. The highest BCUT2D eigenvalue weighted by molar-refractivity contribution is 5.84. The third-order valence-electron chi connectivity index (χ3n) is 4.43. The Morgan fingerprint density at radius 1 is 1.03 bits per heavy atom. The van der Waals surface area contributed by atoms with Crippen molar-refractivity contribution in [3.63, 3.8) is 0 Å². The smallest absolute Gasteiger partial charge is 0.411 e. The Balaban J connectivity index is 1.87. The summed E-state index contributed by atoms with van der Waals surface area (Å²) in [4.78, 5) is 15.5. The Labute approximate surface area is 184 Å². The zero-order valence-electron chi connectivity index (χ0n) is 18.7. The number of rotatable bonds is 10. The summed E-state index contributed by atoms with van der Waals surface area (Å²) in [5, 5.41) is 9.23. The van der Waals surface area contributed by atoms with Crippen molar-refractivity contribution in [2.24, 2.45) is 4.99 Å². The van der Waals surface area contributed by atoms with Gasteiger partial charge in [0.15, 0.2) is 5.96 Å². The van der Waals surface area contributed by atoms with Crippen molar-refractivity contribution in [3.05, 3.63) is 59.2 Å². The fourth-order valence-corrected chi connectivity index (χ4v) is 2.76. The average Bonchev–Trinajstić information content (AvgIpc) is 2.78. The topological polar surface area (TPSA) is 93.2 Å². The van der Waals surface area contributed by atoms with Crippen molar-refractivity contribution in [3.8, 4) is 5.75 Å². The summed E-state index contributed by atoms with van der Waals surface area (Å²) in [7, 11) is 3.06. The minimum absolute atomic E-state index is 0.493. The molecule has 8 nitrogen and oxygen atoms in total. The molecule has 168 valence electrons. The summed E-state index contributed by atoms with van der Waals surface area (Å²) in [6.45, 7) is 6.92. The Hall–Kier alpha value is -3.26. The van der Waals surface area contributed by atoms with Crippen molar-refractivity contribution in [1.82, 2.24) is 10.6 Å². The number of aliphatic imine (C=N–C) groups is 1. The molecule has 0 unspecified atom stereocenters. The fraction of sp³-hybridized carbons (Fsp3) is 0.391.